The number of carboxylic acids is 1. The van der Waals surface area contributed by atoms with E-state index in [2.05, 4.69) is 0 Å². The summed E-state index contributed by atoms with van der Waals surface area (Å²) in [6, 6.07) is 1.69. The topological polar surface area (TPSA) is 46.5 Å². The second kappa shape index (κ2) is 8.05. The number of hydrogen-bond donors (Lipinski definition) is 1. The highest BCUT2D eigenvalue weighted by Crippen LogP contribution is 2.36. The largest absolute Gasteiger partial charge is 0.493 e. The van der Waals surface area contributed by atoms with Crippen molar-refractivity contribution in [2.75, 3.05) is 6.61 Å². The van der Waals surface area contributed by atoms with E-state index < -0.39 is 11.9 Å². The second-order valence-corrected chi connectivity index (χ2v) is 4.43. The van der Waals surface area contributed by atoms with Crippen LogP contribution in [0.2, 0.25) is 5.02 Å². The minimum atomic E-state index is -0.884. The van der Waals surface area contributed by atoms with Gasteiger partial charge in [0.25, 0.3) is 0 Å². The molecule has 0 saturated heterocycles. The molecule has 1 atom stereocenters. The molecule has 1 N–H and O–H groups in total. The molecule has 1 rings (SSSR count). The van der Waals surface area contributed by atoms with Crippen molar-refractivity contribution in [3.63, 3.8) is 0 Å². The molecule has 0 aliphatic carbocycles. The predicted octanol–water partition coefficient (Wildman–Crippen LogP) is 4.57. The van der Waals surface area contributed by atoms with Gasteiger partial charge in [-0.15, -0.1) is 0 Å². The van der Waals surface area contributed by atoms with Crippen molar-refractivity contribution in [1.82, 2.24) is 0 Å². The van der Waals surface area contributed by atoms with Crippen molar-refractivity contribution in [2.24, 2.45) is 0 Å². The number of halogens is 1. The van der Waals surface area contributed by atoms with Gasteiger partial charge in [0.2, 0.25) is 0 Å². The van der Waals surface area contributed by atoms with Crippen LogP contribution in [0.5, 0.6) is 5.75 Å². The minimum absolute atomic E-state index is 0.501. The van der Waals surface area contributed by atoms with Gasteiger partial charge in [-0.3, -0.25) is 4.79 Å². The summed E-state index contributed by atoms with van der Waals surface area (Å²) < 4.78 is 5.55. The van der Waals surface area contributed by atoms with E-state index in [-0.39, 0.29) is 0 Å². The Hall–Kier alpha value is -1.22. The molecule has 0 saturated carbocycles. The van der Waals surface area contributed by atoms with Crippen molar-refractivity contribution < 1.29 is 14.6 Å². The average molecular weight is 287 g/mol. The van der Waals surface area contributed by atoms with E-state index in [1.807, 2.05) is 34.6 Å². The van der Waals surface area contributed by atoms with E-state index in [0.717, 1.165) is 11.1 Å². The summed E-state index contributed by atoms with van der Waals surface area (Å²) in [5.74, 6) is -0.872. The maximum Gasteiger partial charge on any atom is 0.310 e. The highest BCUT2D eigenvalue weighted by Gasteiger charge is 2.22. The molecule has 4 heteroatoms. The van der Waals surface area contributed by atoms with E-state index in [4.69, 9.17) is 21.4 Å². The molecule has 0 aromatic heterocycles. The summed E-state index contributed by atoms with van der Waals surface area (Å²) >= 11 is 6.09. The molecule has 0 heterocycles. The molecule has 1 aromatic carbocycles. The van der Waals surface area contributed by atoms with Crippen LogP contribution >= 0.6 is 11.6 Å². The van der Waals surface area contributed by atoms with E-state index >= 15 is 0 Å². The number of hydrogen-bond acceptors (Lipinski definition) is 2. The molecule has 0 radical (unpaired) electrons. The summed E-state index contributed by atoms with van der Waals surface area (Å²) in [6.07, 6.45) is 0. The maximum atomic E-state index is 11.1. The summed E-state index contributed by atoms with van der Waals surface area (Å²) in [5, 5.41) is 9.66. The Morgan fingerprint density at radius 1 is 1.37 bits per heavy atom. The molecule has 0 spiro atoms. The summed E-state index contributed by atoms with van der Waals surface area (Å²) in [7, 11) is 0. The zero-order chi connectivity index (χ0) is 15.2. The Labute approximate surface area is 120 Å². The van der Waals surface area contributed by atoms with Crippen LogP contribution in [0.15, 0.2) is 6.07 Å². The normalized spacial score (nSPS) is 11.3. The molecule has 1 aromatic rings. The molecule has 0 amide bonds. The fourth-order valence-electron chi connectivity index (χ4n) is 1.67. The van der Waals surface area contributed by atoms with Crippen LogP contribution in [0, 0.1) is 13.8 Å². The van der Waals surface area contributed by atoms with Crippen molar-refractivity contribution in [2.45, 2.75) is 47.5 Å². The van der Waals surface area contributed by atoms with Gasteiger partial charge in [0.05, 0.1) is 12.5 Å². The van der Waals surface area contributed by atoms with Gasteiger partial charge in [0.15, 0.2) is 0 Å². The fourth-order valence-corrected chi connectivity index (χ4v) is 1.93. The Kier molecular flexibility index (Phi) is 7.53. The highest BCUT2D eigenvalue weighted by atomic mass is 35.5. The highest BCUT2D eigenvalue weighted by molar-refractivity contribution is 6.31. The smallest absolute Gasteiger partial charge is 0.310 e. The Bertz CT molecular complexity index is 442. The molecule has 108 valence electrons. The molecule has 0 fully saturated rings. The third kappa shape index (κ3) is 4.13. The fraction of sp³-hybridized carbons (Fsp3) is 0.533. The van der Waals surface area contributed by atoms with Crippen LogP contribution < -0.4 is 4.74 Å². The Morgan fingerprint density at radius 3 is 2.32 bits per heavy atom. The molecule has 0 bridgehead atoms. The molecular formula is C15H23ClO3. The maximum absolute atomic E-state index is 11.1. The number of carbonyl (C=O) groups is 1. The van der Waals surface area contributed by atoms with Gasteiger partial charge in [-0.25, -0.2) is 0 Å². The molecule has 0 aliphatic heterocycles. The van der Waals surface area contributed by atoms with E-state index in [1.165, 1.54) is 0 Å². The lowest BCUT2D eigenvalue weighted by Gasteiger charge is -2.18. The van der Waals surface area contributed by atoms with Crippen LogP contribution in [0.4, 0.5) is 0 Å². The van der Waals surface area contributed by atoms with Gasteiger partial charge >= 0.3 is 5.97 Å². The standard InChI is InChI=1S/C13H17ClO3.C2H6/c1-5-17-12-8(3)7(2)11(14)6-10(12)9(4)13(15)16;1-2/h6,9H,5H2,1-4H3,(H,15,16);1-2H3. The SMILES string of the molecule is CC.CCOc1c(C(C)C(=O)O)cc(Cl)c(C)c1C. The molecule has 1 unspecified atom stereocenters. The number of carboxylic acid groups (broad SMARTS) is 1. The lowest BCUT2D eigenvalue weighted by atomic mass is 9.95. The lowest BCUT2D eigenvalue weighted by molar-refractivity contribution is -0.138. The minimum Gasteiger partial charge on any atom is -0.493 e. The zero-order valence-corrected chi connectivity index (χ0v) is 13.3. The monoisotopic (exact) mass is 286 g/mol. The second-order valence-electron chi connectivity index (χ2n) is 4.02. The average Bonchev–Trinajstić information content (AvgIpc) is 2.40. The third-order valence-corrected chi connectivity index (χ3v) is 3.32. The zero-order valence-electron chi connectivity index (χ0n) is 12.5. The summed E-state index contributed by atoms with van der Waals surface area (Å²) in [4.78, 5) is 11.1. The van der Waals surface area contributed by atoms with Crippen LogP contribution in [-0.2, 0) is 4.79 Å². The first-order chi connectivity index (χ1) is 8.90. The van der Waals surface area contributed by atoms with Gasteiger partial charge in [-0.1, -0.05) is 25.4 Å². The van der Waals surface area contributed by atoms with Crippen molar-refractivity contribution in [3.8, 4) is 5.75 Å². The number of aliphatic carboxylic acids is 1. The van der Waals surface area contributed by atoms with E-state index in [0.29, 0.717) is 22.9 Å². The van der Waals surface area contributed by atoms with Crippen LogP contribution in [0.1, 0.15) is 50.3 Å². The van der Waals surface area contributed by atoms with Crippen molar-refractivity contribution in [3.05, 3.63) is 27.8 Å². The number of ether oxygens (including phenoxy) is 1. The van der Waals surface area contributed by atoms with Crippen LogP contribution in [0.3, 0.4) is 0 Å². The van der Waals surface area contributed by atoms with Gasteiger partial charge in [0.1, 0.15) is 5.75 Å². The van der Waals surface area contributed by atoms with Gasteiger partial charge in [0, 0.05) is 10.6 Å². The Balaban J connectivity index is 0.00000154. The molecule has 3 nitrogen and oxygen atoms in total. The molecule has 0 aliphatic rings. The van der Waals surface area contributed by atoms with Crippen LogP contribution in [-0.4, -0.2) is 17.7 Å². The Morgan fingerprint density at radius 2 is 1.89 bits per heavy atom. The van der Waals surface area contributed by atoms with E-state index in [9.17, 15) is 4.79 Å². The third-order valence-electron chi connectivity index (χ3n) is 2.93. The molecule has 19 heavy (non-hydrogen) atoms. The first-order valence-electron chi connectivity index (χ1n) is 6.55. The van der Waals surface area contributed by atoms with Gasteiger partial charge < -0.3 is 9.84 Å². The number of rotatable bonds is 4. The number of benzene rings is 1. The van der Waals surface area contributed by atoms with E-state index in [1.54, 1.807) is 13.0 Å². The summed E-state index contributed by atoms with van der Waals surface area (Å²) in [5.41, 5.74) is 2.46. The molecular weight excluding hydrogens is 264 g/mol. The van der Waals surface area contributed by atoms with Crippen LogP contribution in [0.25, 0.3) is 0 Å². The first-order valence-corrected chi connectivity index (χ1v) is 6.93. The van der Waals surface area contributed by atoms with Crippen molar-refractivity contribution >= 4 is 17.6 Å². The predicted molar refractivity (Wildman–Crippen MR) is 79.5 cm³/mol. The van der Waals surface area contributed by atoms with Gasteiger partial charge in [-0.05, 0) is 44.9 Å². The quantitative estimate of drug-likeness (QED) is 0.882. The van der Waals surface area contributed by atoms with Crippen molar-refractivity contribution in [1.29, 1.82) is 0 Å². The van der Waals surface area contributed by atoms with Gasteiger partial charge in [-0.2, -0.15) is 0 Å². The first kappa shape index (κ1) is 17.8. The lowest BCUT2D eigenvalue weighted by Crippen LogP contribution is -2.11. The summed E-state index contributed by atoms with van der Waals surface area (Å²) in [6.45, 7) is 11.8.